The number of morpholine rings is 1. The molecule has 158 valence electrons. The molecule has 4 heterocycles. The molecule has 0 saturated carbocycles. The van der Waals surface area contributed by atoms with E-state index in [1.807, 2.05) is 32.0 Å². The number of fused-ring (bicyclic) bond motifs is 1. The minimum absolute atomic E-state index is 0.0168. The van der Waals surface area contributed by atoms with Gasteiger partial charge in [-0.25, -0.2) is 0 Å². The number of aryl methyl sites for hydroxylation is 2. The molecule has 1 aromatic carbocycles. The Morgan fingerprint density at radius 1 is 1.19 bits per heavy atom. The summed E-state index contributed by atoms with van der Waals surface area (Å²) >= 11 is 0. The van der Waals surface area contributed by atoms with Gasteiger partial charge in [0.2, 0.25) is 11.7 Å². The number of aromatic nitrogens is 3. The minimum atomic E-state index is -0.452. The number of furan rings is 1. The Bertz CT molecular complexity index is 1230. The number of carbonyl (C=O) groups is 1. The molecule has 1 atom stereocenters. The van der Waals surface area contributed by atoms with Crippen LogP contribution in [0.1, 0.15) is 28.7 Å². The van der Waals surface area contributed by atoms with Gasteiger partial charge >= 0.3 is 0 Å². The first-order valence-corrected chi connectivity index (χ1v) is 10.2. The summed E-state index contributed by atoms with van der Waals surface area (Å²) in [5.41, 5.74) is 4.82. The first-order chi connectivity index (χ1) is 15.1. The van der Waals surface area contributed by atoms with E-state index in [0.717, 1.165) is 27.7 Å². The Morgan fingerprint density at radius 3 is 2.87 bits per heavy atom. The Morgan fingerprint density at radius 2 is 2.03 bits per heavy atom. The summed E-state index contributed by atoms with van der Waals surface area (Å²) in [5.74, 6) is 0.854. The molecule has 4 aromatic rings. The molecule has 0 aliphatic carbocycles. The van der Waals surface area contributed by atoms with Gasteiger partial charge in [0.1, 0.15) is 5.58 Å². The average Bonchev–Trinajstić information content (AvgIpc) is 3.45. The number of rotatable bonds is 4. The van der Waals surface area contributed by atoms with E-state index in [2.05, 4.69) is 21.2 Å². The normalized spacial score (nSPS) is 16.7. The molecular weight excluding hydrogens is 396 g/mol. The maximum Gasteiger partial charge on any atom is 0.257 e. The number of pyridine rings is 1. The molecule has 8 heteroatoms. The zero-order chi connectivity index (χ0) is 21.4. The molecule has 0 unspecified atom stereocenters. The summed E-state index contributed by atoms with van der Waals surface area (Å²) in [7, 11) is 0. The van der Waals surface area contributed by atoms with Crippen LogP contribution >= 0.6 is 0 Å². The third-order valence-electron chi connectivity index (χ3n) is 5.76. The second kappa shape index (κ2) is 7.96. The van der Waals surface area contributed by atoms with Gasteiger partial charge in [0, 0.05) is 35.5 Å². The van der Waals surface area contributed by atoms with Crippen LogP contribution in [-0.2, 0) is 16.0 Å². The molecule has 5 rings (SSSR count). The first-order valence-electron chi connectivity index (χ1n) is 10.2. The topological polar surface area (TPSA) is 94.5 Å². The summed E-state index contributed by atoms with van der Waals surface area (Å²) in [5, 5.41) is 5.02. The molecule has 1 amide bonds. The van der Waals surface area contributed by atoms with E-state index in [0.29, 0.717) is 31.4 Å². The van der Waals surface area contributed by atoms with Crippen molar-refractivity contribution in [2.24, 2.45) is 0 Å². The molecule has 8 nitrogen and oxygen atoms in total. The van der Waals surface area contributed by atoms with Crippen molar-refractivity contribution in [3.05, 3.63) is 65.5 Å². The van der Waals surface area contributed by atoms with Gasteiger partial charge in [-0.3, -0.25) is 9.78 Å². The Kier molecular flexibility index (Phi) is 4.99. The van der Waals surface area contributed by atoms with Crippen LogP contribution < -0.4 is 0 Å². The van der Waals surface area contributed by atoms with E-state index in [9.17, 15) is 4.79 Å². The van der Waals surface area contributed by atoms with Gasteiger partial charge in [-0.15, -0.1) is 0 Å². The Balaban J connectivity index is 1.30. The second-order valence-corrected chi connectivity index (χ2v) is 7.71. The van der Waals surface area contributed by atoms with Gasteiger partial charge < -0.3 is 18.6 Å². The number of benzene rings is 1. The lowest BCUT2D eigenvalue weighted by Crippen LogP contribution is -2.43. The highest BCUT2D eigenvalue weighted by Crippen LogP contribution is 2.28. The molecule has 1 aliphatic heterocycles. The van der Waals surface area contributed by atoms with Crippen molar-refractivity contribution in [1.82, 2.24) is 20.0 Å². The van der Waals surface area contributed by atoms with Crippen molar-refractivity contribution in [3.63, 3.8) is 0 Å². The van der Waals surface area contributed by atoms with E-state index >= 15 is 0 Å². The largest absolute Gasteiger partial charge is 0.464 e. The van der Waals surface area contributed by atoms with Crippen LogP contribution in [0.15, 0.2) is 51.9 Å². The van der Waals surface area contributed by atoms with Crippen LogP contribution in [0, 0.1) is 13.8 Å². The lowest BCUT2D eigenvalue weighted by atomic mass is 10.0. The zero-order valence-corrected chi connectivity index (χ0v) is 17.4. The van der Waals surface area contributed by atoms with Gasteiger partial charge in [-0.2, -0.15) is 4.98 Å². The Hall–Kier alpha value is -3.52. The fourth-order valence-corrected chi connectivity index (χ4v) is 3.81. The maximum absolute atomic E-state index is 13.0. The highest BCUT2D eigenvalue weighted by Gasteiger charge is 2.30. The van der Waals surface area contributed by atoms with Crippen molar-refractivity contribution in [1.29, 1.82) is 0 Å². The molecular formula is C23H22N4O4. The van der Waals surface area contributed by atoms with Gasteiger partial charge in [0.15, 0.2) is 6.10 Å². The molecule has 1 saturated heterocycles. The summed E-state index contributed by atoms with van der Waals surface area (Å²) in [6.07, 6.45) is 4.85. The standard InChI is InChI=1S/C23H22N4O4/c1-14-3-4-18-17(13-30-21(18)15(14)2)11-20(28)27-9-10-29-19(12-27)23-25-22(26-31-23)16-5-7-24-8-6-16/h3-8,13,19H,9-12H2,1-2H3/t19-/m0/s1. The molecule has 1 aliphatic rings. The minimum Gasteiger partial charge on any atom is -0.464 e. The van der Waals surface area contributed by atoms with Crippen molar-refractivity contribution in [3.8, 4) is 11.4 Å². The van der Waals surface area contributed by atoms with Crippen LogP contribution in [0.4, 0.5) is 0 Å². The predicted molar refractivity (Wildman–Crippen MR) is 112 cm³/mol. The molecule has 0 bridgehead atoms. The summed E-state index contributed by atoms with van der Waals surface area (Å²) in [6, 6.07) is 7.70. The van der Waals surface area contributed by atoms with Crippen LogP contribution in [0.2, 0.25) is 0 Å². The number of nitrogens with zero attached hydrogens (tertiary/aromatic N) is 4. The quantitative estimate of drug-likeness (QED) is 0.499. The highest BCUT2D eigenvalue weighted by atomic mass is 16.5. The number of amides is 1. The summed E-state index contributed by atoms with van der Waals surface area (Å²) in [4.78, 5) is 23.2. The molecule has 0 spiro atoms. The smallest absolute Gasteiger partial charge is 0.257 e. The highest BCUT2D eigenvalue weighted by molar-refractivity contribution is 5.89. The summed E-state index contributed by atoms with van der Waals surface area (Å²) < 4.78 is 17.0. The predicted octanol–water partition coefficient (Wildman–Crippen LogP) is 3.64. The van der Waals surface area contributed by atoms with Crippen LogP contribution in [0.3, 0.4) is 0 Å². The SMILES string of the molecule is Cc1ccc2c(CC(=O)N3CCO[C@H](c4nc(-c5ccncc5)no4)C3)coc2c1C. The van der Waals surface area contributed by atoms with Crippen molar-refractivity contribution < 1.29 is 18.5 Å². The maximum atomic E-state index is 13.0. The van der Waals surface area contributed by atoms with Crippen LogP contribution in [0.5, 0.6) is 0 Å². The van der Waals surface area contributed by atoms with E-state index in [-0.39, 0.29) is 12.3 Å². The molecule has 31 heavy (non-hydrogen) atoms. The second-order valence-electron chi connectivity index (χ2n) is 7.71. The first kappa shape index (κ1) is 19.4. The average molecular weight is 418 g/mol. The fourth-order valence-electron chi connectivity index (χ4n) is 3.81. The summed E-state index contributed by atoms with van der Waals surface area (Å²) in [6.45, 7) is 5.38. The lowest BCUT2D eigenvalue weighted by molar-refractivity contribution is -0.139. The van der Waals surface area contributed by atoms with E-state index in [1.165, 1.54) is 5.56 Å². The van der Waals surface area contributed by atoms with Gasteiger partial charge in [0.05, 0.1) is 25.8 Å². The fraction of sp³-hybridized carbons (Fsp3) is 0.304. The number of hydrogen-bond acceptors (Lipinski definition) is 7. The van der Waals surface area contributed by atoms with E-state index in [4.69, 9.17) is 13.7 Å². The third kappa shape index (κ3) is 3.70. The molecule has 0 radical (unpaired) electrons. The van der Waals surface area contributed by atoms with Crippen molar-refractivity contribution >= 4 is 16.9 Å². The molecule has 1 fully saturated rings. The number of carbonyl (C=O) groups excluding carboxylic acids is 1. The third-order valence-corrected chi connectivity index (χ3v) is 5.76. The van der Waals surface area contributed by atoms with E-state index in [1.54, 1.807) is 23.6 Å². The van der Waals surface area contributed by atoms with Gasteiger partial charge in [0.25, 0.3) is 5.89 Å². The Labute approximate surface area is 178 Å². The number of ether oxygens (including phenoxy) is 1. The lowest BCUT2D eigenvalue weighted by Gasteiger charge is -2.31. The number of hydrogen-bond donors (Lipinski definition) is 0. The zero-order valence-electron chi connectivity index (χ0n) is 17.4. The van der Waals surface area contributed by atoms with Gasteiger partial charge in [-0.05, 0) is 37.1 Å². The van der Waals surface area contributed by atoms with Crippen LogP contribution in [0.25, 0.3) is 22.4 Å². The van der Waals surface area contributed by atoms with E-state index < -0.39 is 6.10 Å². The van der Waals surface area contributed by atoms with Gasteiger partial charge in [-0.1, -0.05) is 17.3 Å². The van der Waals surface area contributed by atoms with Crippen LogP contribution in [-0.4, -0.2) is 45.6 Å². The monoisotopic (exact) mass is 418 g/mol. The molecule has 0 N–H and O–H groups in total. The molecule has 3 aromatic heterocycles. The van der Waals surface area contributed by atoms with Crippen molar-refractivity contribution in [2.45, 2.75) is 26.4 Å². The van der Waals surface area contributed by atoms with Crippen molar-refractivity contribution in [2.75, 3.05) is 19.7 Å².